The Morgan fingerprint density at radius 1 is 0.571 bits per heavy atom. The minimum atomic E-state index is 0.00360. The number of aromatic nitrogens is 1. The van der Waals surface area contributed by atoms with Crippen LogP contribution in [0.4, 0.5) is 17.1 Å². The van der Waals surface area contributed by atoms with Crippen molar-refractivity contribution in [2.75, 3.05) is 4.90 Å². The van der Waals surface area contributed by atoms with Crippen molar-refractivity contribution in [3.05, 3.63) is 138 Å². The Balaban J connectivity index is 1.25. The van der Waals surface area contributed by atoms with E-state index in [0.29, 0.717) is 0 Å². The second-order valence-corrected chi connectivity index (χ2v) is 20.0. The number of aryl methyl sites for hydroxylation is 1. The molecule has 0 radical (unpaired) electrons. The second kappa shape index (κ2) is 10.5. The number of fused-ring (bicyclic) bond motifs is 16. The average Bonchev–Trinajstić information content (AvgIpc) is 3.87. The van der Waals surface area contributed by atoms with E-state index in [9.17, 15) is 0 Å². The van der Waals surface area contributed by atoms with Crippen LogP contribution in [0.3, 0.4) is 0 Å². The van der Waals surface area contributed by atoms with E-state index in [2.05, 4.69) is 165 Å². The first-order valence-corrected chi connectivity index (χ1v) is 21.7. The van der Waals surface area contributed by atoms with Gasteiger partial charge in [-0.05, 0) is 105 Å². The van der Waals surface area contributed by atoms with Crippen LogP contribution in [-0.4, -0.2) is 11.3 Å². The zero-order valence-corrected chi connectivity index (χ0v) is 33.9. The Bertz CT molecular complexity index is 3410. The van der Waals surface area contributed by atoms with E-state index in [-0.39, 0.29) is 17.7 Å². The average molecular weight is 755 g/mol. The molecule has 5 heterocycles. The number of rotatable bonds is 1. The Morgan fingerprint density at radius 2 is 1.25 bits per heavy atom. The van der Waals surface area contributed by atoms with Gasteiger partial charge in [0.05, 0.1) is 4.83 Å². The van der Waals surface area contributed by atoms with Crippen LogP contribution in [0.15, 0.2) is 121 Å². The summed E-state index contributed by atoms with van der Waals surface area (Å²) in [5.41, 5.74) is 15.4. The zero-order valence-electron chi connectivity index (χ0n) is 32.2. The van der Waals surface area contributed by atoms with E-state index in [4.69, 9.17) is 0 Å². The maximum Gasteiger partial charge on any atom is 0.335 e. The van der Waals surface area contributed by atoms with E-state index in [1.165, 1.54) is 131 Å². The minimum absolute atomic E-state index is 0.00360. The van der Waals surface area contributed by atoms with E-state index in [0.717, 1.165) is 0 Å². The number of nitrogens with zero attached hydrogens (tertiary/aromatic N) is 2. The highest BCUT2D eigenvalue weighted by Crippen LogP contribution is 2.54. The van der Waals surface area contributed by atoms with Crippen molar-refractivity contribution in [2.45, 2.75) is 58.3 Å². The molecule has 0 fully saturated rings. The third-order valence-electron chi connectivity index (χ3n) is 13.9. The van der Waals surface area contributed by atoms with Gasteiger partial charge in [-0.1, -0.05) is 119 Å². The van der Waals surface area contributed by atoms with Gasteiger partial charge in [0.2, 0.25) is 0 Å². The van der Waals surface area contributed by atoms with E-state index in [1.54, 1.807) is 0 Å². The van der Waals surface area contributed by atoms with Crippen molar-refractivity contribution < 1.29 is 0 Å². The number of anilines is 3. The highest BCUT2D eigenvalue weighted by molar-refractivity contribution is 7.28. The molecular weight excluding hydrogens is 716 g/mol. The summed E-state index contributed by atoms with van der Waals surface area (Å²) in [7, 11) is 0. The smallest absolute Gasteiger partial charge is 0.335 e. The SMILES string of the molecule is Cc1cc2c(cc1N1c3cc4ccccc4c4c3B(c3c1ccc1c3sc3ccccc31)n1c3sc5ccccc5c3c3cccc-4c31)C(C)(C)CCC2(C)C. The fourth-order valence-electron chi connectivity index (χ4n) is 11.1. The normalized spacial score (nSPS) is 16.4. The summed E-state index contributed by atoms with van der Waals surface area (Å²) in [5, 5.41) is 9.44. The predicted molar refractivity (Wildman–Crippen MR) is 246 cm³/mol. The standard InChI is InChI=1S/C51H39BN2S2/c1-28-25-36-37(51(4,5)24-23-50(36,2)3)27-39(28)53-38-22-21-32-31-15-8-10-19-41(31)55-48(32)46(38)52-45-40(53)26-29-13-6-7-14-30(29)43(45)34-17-12-18-35-44-33-16-9-11-20-42(33)56-49(44)54(52)47(34)35/h6-22,25-27H,23-24H2,1-5H3. The molecule has 7 aromatic carbocycles. The molecule has 3 aromatic heterocycles. The molecule has 0 saturated carbocycles. The Hall–Kier alpha value is -5.36. The van der Waals surface area contributed by atoms with E-state index >= 15 is 0 Å². The van der Waals surface area contributed by atoms with Gasteiger partial charge in [0, 0.05) is 69.2 Å². The first-order valence-electron chi connectivity index (χ1n) is 20.1. The molecule has 0 atom stereocenters. The van der Waals surface area contributed by atoms with Crippen LogP contribution in [0.2, 0.25) is 0 Å². The lowest BCUT2D eigenvalue weighted by molar-refractivity contribution is 0.332. The first-order chi connectivity index (χ1) is 27.2. The topological polar surface area (TPSA) is 8.17 Å². The monoisotopic (exact) mass is 754 g/mol. The van der Waals surface area contributed by atoms with Gasteiger partial charge in [0.15, 0.2) is 0 Å². The Labute approximate surface area is 334 Å². The molecule has 5 heteroatoms. The van der Waals surface area contributed by atoms with Crippen LogP contribution in [-0.2, 0) is 10.8 Å². The van der Waals surface area contributed by atoms with Crippen molar-refractivity contribution in [3.63, 3.8) is 0 Å². The van der Waals surface area contributed by atoms with Crippen LogP contribution in [0.1, 0.15) is 57.2 Å². The number of thiophene rings is 2. The lowest BCUT2D eigenvalue weighted by Gasteiger charge is -2.45. The third-order valence-corrected chi connectivity index (χ3v) is 16.3. The molecule has 56 heavy (non-hydrogen) atoms. The van der Waals surface area contributed by atoms with Crippen molar-refractivity contribution in [3.8, 4) is 11.1 Å². The first kappa shape index (κ1) is 31.8. The van der Waals surface area contributed by atoms with Crippen LogP contribution in [0.25, 0.3) is 73.3 Å². The summed E-state index contributed by atoms with van der Waals surface area (Å²) in [6.45, 7) is 12.2. The van der Waals surface area contributed by atoms with Crippen LogP contribution >= 0.6 is 22.7 Å². The summed E-state index contributed by atoms with van der Waals surface area (Å²) >= 11 is 3.94. The molecule has 0 N–H and O–H groups in total. The lowest BCUT2D eigenvalue weighted by Crippen LogP contribution is -2.56. The minimum Gasteiger partial charge on any atom is -0.367 e. The van der Waals surface area contributed by atoms with Gasteiger partial charge in [0.1, 0.15) is 0 Å². The second-order valence-electron chi connectivity index (χ2n) is 17.9. The molecule has 3 aliphatic rings. The van der Waals surface area contributed by atoms with Crippen molar-refractivity contribution >= 4 is 120 Å². The highest BCUT2D eigenvalue weighted by Gasteiger charge is 2.46. The predicted octanol–water partition coefficient (Wildman–Crippen LogP) is 13.6. The summed E-state index contributed by atoms with van der Waals surface area (Å²) in [6.07, 6.45) is 2.40. The molecule has 0 bridgehead atoms. The fraction of sp³-hybridized carbons (Fsp3) is 0.176. The molecule has 0 unspecified atom stereocenters. The summed E-state index contributed by atoms with van der Waals surface area (Å²) in [4.78, 5) is 4.06. The molecule has 268 valence electrons. The molecule has 1 aliphatic carbocycles. The number of hydrogen-bond donors (Lipinski definition) is 0. The van der Waals surface area contributed by atoms with Gasteiger partial charge in [-0.25, -0.2) is 0 Å². The van der Waals surface area contributed by atoms with Gasteiger partial charge in [-0.2, -0.15) is 0 Å². The maximum atomic E-state index is 2.77. The van der Waals surface area contributed by atoms with Gasteiger partial charge in [0.25, 0.3) is 0 Å². The number of benzene rings is 7. The molecule has 13 rings (SSSR count). The molecule has 0 spiro atoms. The van der Waals surface area contributed by atoms with Crippen LogP contribution in [0.5, 0.6) is 0 Å². The maximum absolute atomic E-state index is 2.77. The summed E-state index contributed by atoms with van der Waals surface area (Å²) in [6, 6.07) is 46.8. The zero-order chi connectivity index (χ0) is 37.4. The molecular formula is C51H39BN2S2. The fourth-order valence-corrected chi connectivity index (χ4v) is 13.6. The van der Waals surface area contributed by atoms with Crippen molar-refractivity contribution in [1.82, 2.24) is 4.48 Å². The van der Waals surface area contributed by atoms with Gasteiger partial charge in [-0.15, -0.1) is 22.7 Å². The largest absolute Gasteiger partial charge is 0.367 e. The lowest BCUT2D eigenvalue weighted by atomic mass is 9.44. The Kier molecular flexibility index (Phi) is 5.98. The van der Waals surface area contributed by atoms with Crippen LogP contribution in [0, 0.1) is 6.92 Å². The number of para-hydroxylation sites is 1. The van der Waals surface area contributed by atoms with Crippen LogP contribution < -0.4 is 15.8 Å². The molecule has 2 aliphatic heterocycles. The van der Waals surface area contributed by atoms with E-state index < -0.39 is 0 Å². The van der Waals surface area contributed by atoms with Crippen molar-refractivity contribution in [2.24, 2.45) is 0 Å². The molecule has 0 amide bonds. The number of hydrogen-bond acceptors (Lipinski definition) is 3. The highest BCUT2D eigenvalue weighted by atomic mass is 32.1. The van der Waals surface area contributed by atoms with E-state index in [1.807, 2.05) is 22.7 Å². The van der Waals surface area contributed by atoms with Gasteiger partial charge in [-0.3, -0.25) is 0 Å². The quantitative estimate of drug-likeness (QED) is 0.152. The summed E-state index contributed by atoms with van der Waals surface area (Å²) < 4.78 is 6.88. The molecule has 2 nitrogen and oxygen atoms in total. The van der Waals surface area contributed by atoms with Gasteiger partial charge >= 0.3 is 6.85 Å². The Morgan fingerprint density at radius 3 is 2.05 bits per heavy atom. The molecule has 10 aromatic rings. The third kappa shape index (κ3) is 3.84. The summed E-state index contributed by atoms with van der Waals surface area (Å²) in [5.74, 6) is 0. The molecule has 0 saturated heterocycles. The van der Waals surface area contributed by atoms with Crippen molar-refractivity contribution in [1.29, 1.82) is 0 Å². The van der Waals surface area contributed by atoms with Gasteiger partial charge < -0.3 is 9.38 Å².